The van der Waals surface area contributed by atoms with Crippen LogP contribution in [0.4, 0.5) is 0 Å². The second-order valence-electron chi connectivity index (χ2n) is 6.93. The van der Waals surface area contributed by atoms with Crippen molar-refractivity contribution in [3.63, 3.8) is 0 Å². The molecule has 0 aliphatic carbocycles. The first-order valence-electron chi connectivity index (χ1n) is 7.15. The maximum Gasteiger partial charge on any atom is 0.01000 e. The summed E-state index contributed by atoms with van der Waals surface area (Å²) in [6.07, 6.45) is 3.95. The molecule has 0 aromatic carbocycles. The molecule has 17 heavy (non-hydrogen) atoms. The Kier molecular flexibility index (Phi) is 5.52. The van der Waals surface area contributed by atoms with Gasteiger partial charge in [0.05, 0.1) is 0 Å². The monoisotopic (exact) mass is 303 g/mol. The lowest BCUT2D eigenvalue weighted by atomic mass is 9.80. The molecule has 2 heteroatoms. The molecule has 0 aromatic heterocycles. The molecule has 1 saturated heterocycles. The van der Waals surface area contributed by atoms with Gasteiger partial charge in [0, 0.05) is 18.4 Å². The number of nitrogens with zero attached hydrogens (tertiary/aromatic N) is 1. The fraction of sp³-hybridized carbons (Fsp3) is 1.00. The summed E-state index contributed by atoms with van der Waals surface area (Å²) in [6.45, 7) is 15.7. The number of hydrogen-bond acceptors (Lipinski definition) is 1. The summed E-state index contributed by atoms with van der Waals surface area (Å²) < 4.78 is 0. The first kappa shape index (κ1) is 15.5. The number of halogens is 1. The summed E-state index contributed by atoms with van der Waals surface area (Å²) in [5, 5.41) is 1.14. The molecule has 0 spiro atoms. The van der Waals surface area contributed by atoms with Crippen LogP contribution in [0.5, 0.6) is 0 Å². The van der Waals surface area contributed by atoms with Crippen LogP contribution in [0.1, 0.15) is 53.9 Å². The molecular formula is C15H30BrN. The van der Waals surface area contributed by atoms with Gasteiger partial charge in [-0.05, 0) is 42.6 Å². The molecule has 102 valence electrons. The van der Waals surface area contributed by atoms with Crippen molar-refractivity contribution in [1.29, 1.82) is 0 Å². The topological polar surface area (TPSA) is 3.24 Å². The molecule has 0 saturated carbocycles. The van der Waals surface area contributed by atoms with Crippen LogP contribution in [0.15, 0.2) is 0 Å². The van der Waals surface area contributed by atoms with Crippen molar-refractivity contribution in [2.75, 3.05) is 25.0 Å². The second kappa shape index (κ2) is 6.06. The van der Waals surface area contributed by atoms with Gasteiger partial charge in [-0.3, -0.25) is 0 Å². The fourth-order valence-electron chi connectivity index (χ4n) is 2.86. The highest BCUT2D eigenvalue weighted by molar-refractivity contribution is 9.09. The predicted octanol–water partition coefficient (Wildman–Crippen LogP) is 4.56. The summed E-state index contributed by atoms with van der Waals surface area (Å²) in [7, 11) is 0. The van der Waals surface area contributed by atoms with Crippen molar-refractivity contribution >= 4 is 15.9 Å². The number of hydrogen-bond donors (Lipinski definition) is 0. The zero-order valence-electron chi connectivity index (χ0n) is 12.4. The molecule has 1 fully saturated rings. The van der Waals surface area contributed by atoms with Gasteiger partial charge in [0.15, 0.2) is 0 Å². The maximum atomic E-state index is 3.73. The van der Waals surface area contributed by atoms with E-state index in [-0.39, 0.29) is 0 Å². The lowest BCUT2D eigenvalue weighted by Crippen LogP contribution is -2.38. The van der Waals surface area contributed by atoms with E-state index >= 15 is 0 Å². The van der Waals surface area contributed by atoms with Crippen LogP contribution in [0, 0.1) is 16.7 Å². The molecule has 1 aliphatic heterocycles. The third-order valence-electron chi connectivity index (χ3n) is 4.84. The Labute approximate surface area is 116 Å². The van der Waals surface area contributed by atoms with E-state index in [0.717, 1.165) is 11.2 Å². The van der Waals surface area contributed by atoms with E-state index in [0.29, 0.717) is 10.8 Å². The molecule has 1 nitrogen and oxygen atoms in total. The summed E-state index contributed by atoms with van der Waals surface area (Å²) in [6, 6.07) is 0. The normalized spacial score (nSPS) is 23.3. The highest BCUT2D eigenvalue weighted by Crippen LogP contribution is 2.37. The van der Waals surface area contributed by atoms with E-state index < -0.39 is 0 Å². The largest absolute Gasteiger partial charge is 0.302 e. The summed E-state index contributed by atoms with van der Waals surface area (Å²) in [4.78, 5) is 2.70. The Morgan fingerprint density at radius 1 is 1.18 bits per heavy atom. The lowest BCUT2D eigenvalue weighted by Gasteiger charge is -2.35. The van der Waals surface area contributed by atoms with Crippen LogP contribution < -0.4 is 0 Å². The van der Waals surface area contributed by atoms with E-state index in [1.165, 1.54) is 38.9 Å². The van der Waals surface area contributed by atoms with Crippen LogP contribution in [0.2, 0.25) is 0 Å². The van der Waals surface area contributed by atoms with Gasteiger partial charge in [-0.15, -0.1) is 0 Å². The Hall–Kier alpha value is 0.440. The zero-order valence-corrected chi connectivity index (χ0v) is 13.9. The van der Waals surface area contributed by atoms with Crippen LogP contribution in [-0.2, 0) is 0 Å². The van der Waals surface area contributed by atoms with Crippen molar-refractivity contribution in [3.8, 4) is 0 Å². The Morgan fingerprint density at radius 2 is 1.76 bits per heavy atom. The average molecular weight is 304 g/mol. The van der Waals surface area contributed by atoms with E-state index in [9.17, 15) is 0 Å². The van der Waals surface area contributed by atoms with E-state index in [4.69, 9.17) is 0 Å². The van der Waals surface area contributed by atoms with Crippen molar-refractivity contribution in [1.82, 2.24) is 4.90 Å². The second-order valence-corrected chi connectivity index (χ2v) is 7.49. The zero-order chi connectivity index (χ0) is 13.1. The molecule has 1 unspecified atom stereocenters. The number of rotatable bonds is 5. The minimum Gasteiger partial charge on any atom is -0.302 e. The molecule has 1 atom stereocenters. The minimum atomic E-state index is 0.476. The fourth-order valence-corrected chi connectivity index (χ4v) is 3.83. The van der Waals surface area contributed by atoms with Gasteiger partial charge >= 0.3 is 0 Å². The van der Waals surface area contributed by atoms with E-state index in [1.54, 1.807) is 0 Å². The summed E-state index contributed by atoms with van der Waals surface area (Å²) in [5.74, 6) is 0.879. The number of likely N-dealkylation sites (tertiary alicyclic amines) is 1. The van der Waals surface area contributed by atoms with Gasteiger partial charge in [-0.2, -0.15) is 0 Å². The van der Waals surface area contributed by atoms with Gasteiger partial charge < -0.3 is 4.90 Å². The molecule has 1 heterocycles. The van der Waals surface area contributed by atoms with Gasteiger partial charge in [0.25, 0.3) is 0 Å². The van der Waals surface area contributed by atoms with Crippen LogP contribution in [-0.4, -0.2) is 29.9 Å². The Balaban J connectivity index is 2.55. The standard InChI is InChI=1S/C15H30BrN/c1-6-15(7-2,11-16)12-17-9-8-13(10-17)14(3,4)5/h13H,6-12H2,1-5H3. The molecule has 0 amide bonds. The average Bonchev–Trinajstić information content (AvgIpc) is 2.74. The summed E-state index contributed by atoms with van der Waals surface area (Å²) >= 11 is 3.73. The summed E-state index contributed by atoms with van der Waals surface area (Å²) in [5.41, 5.74) is 0.969. The molecule has 0 bridgehead atoms. The molecule has 0 radical (unpaired) electrons. The highest BCUT2D eigenvalue weighted by Gasteiger charge is 2.35. The molecule has 1 rings (SSSR count). The van der Waals surface area contributed by atoms with E-state index in [1.807, 2.05) is 0 Å². The van der Waals surface area contributed by atoms with Crippen molar-refractivity contribution in [2.24, 2.45) is 16.7 Å². The first-order valence-corrected chi connectivity index (χ1v) is 8.27. The quantitative estimate of drug-likeness (QED) is 0.673. The van der Waals surface area contributed by atoms with Gasteiger partial charge in [0.2, 0.25) is 0 Å². The smallest absolute Gasteiger partial charge is 0.01000 e. The molecule has 1 aliphatic rings. The van der Waals surface area contributed by atoms with Gasteiger partial charge in [-0.1, -0.05) is 50.5 Å². The lowest BCUT2D eigenvalue weighted by molar-refractivity contribution is 0.164. The predicted molar refractivity (Wildman–Crippen MR) is 80.8 cm³/mol. The molecule has 0 aromatic rings. The van der Waals surface area contributed by atoms with Crippen LogP contribution in [0.25, 0.3) is 0 Å². The van der Waals surface area contributed by atoms with Gasteiger partial charge in [-0.25, -0.2) is 0 Å². The van der Waals surface area contributed by atoms with E-state index in [2.05, 4.69) is 55.4 Å². The maximum absolute atomic E-state index is 3.73. The van der Waals surface area contributed by atoms with Crippen molar-refractivity contribution < 1.29 is 0 Å². The van der Waals surface area contributed by atoms with Crippen LogP contribution in [0.3, 0.4) is 0 Å². The van der Waals surface area contributed by atoms with Crippen molar-refractivity contribution in [3.05, 3.63) is 0 Å². The minimum absolute atomic E-state index is 0.476. The molecular weight excluding hydrogens is 274 g/mol. The first-order chi connectivity index (χ1) is 7.87. The molecule has 0 N–H and O–H groups in total. The van der Waals surface area contributed by atoms with Crippen molar-refractivity contribution in [2.45, 2.75) is 53.9 Å². The van der Waals surface area contributed by atoms with Crippen LogP contribution >= 0.6 is 15.9 Å². The third-order valence-corrected chi connectivity index (χ3v) is 6.03. The van der Waals surface area contributed by atoms with Gasteiger partial charge in [0.1, 0.15) is 0 Å². The Bertz CT molecular complexity index is 219. The number of alkyl halides is 1. The third kappa shape index (κ3) is 3.96. The Morgan fingerprint density at radius 3 is 2.12 bits per heavy atom. The SMILES string of the molecule is CCC(CC)(CBr)CN1CCC(C(C)(C)C)C1. The highest BCUT2D eigenvalue weighted by atomic mass is 79.9.